The molecule has 15 heavy (non-hydrogen) atoms. The summed E-state index contributed by atoms with van der Waals surface area (Å²) in [5, 5.41) is 0.261. The van der Waals surface area contributed by atoms with E-state index < -0.39 is 0 Å². The number of anilines is 1. The van der Waals surface area contributed by atoms with Gasteiger partial charge in [0.15, 0.2) is 11.2 Å². The number of fused-ring (bicyclic) bond motifs is 1. The second-order valence-electron chi connectivity index (χ2n) is 2.68. The molecular formula is C8H8ClN5O. The van der Waals surface area contributed by atoms with Gasteiger partial charge in [-0.1, -0.05) is 11.6 Å². The van der Waals surface area contributed by atoms with Crippen molar-refractivity contribution in [2.45, 2.75) is 6.92 Å². The fourth-order valence-corrected chi connectivity index (χ4v) is 1.25. The lowest BCUT2D eigenvalue weighted by molar-refractivity contribution is 0.330. The van der Waals surface area contributed by atoms with Gasteiger partial charge in [-0.2, -0.15) is 9.97 Å². The first-order valence-corrected chi connectivity index (χ1v) is 4.67. The van der Waals surface area contributed by atoms with Crippen LogP contribution in [-0.4, -0.2) is 26.5 Å². The summed E-state index contributed by atoms with van der Waals surface area (Å²) in [4.78, 5) is 15.8. The highest BCUT2D eigenvalue weighted by Gasteiger charge is 2.10. The van der Waals surface area contributed by atoms with Gasteiger partial charge in [0.2, 0.25) is 11.8 Å². The van der Waals surface area contributed by atoms with Gasteiger partial charge in [-0.15, -0.1) is 0 Å². The molecule has 0 unspecified atom stereocenters. The Morgan fingerprint density at radius 3 is 2.93 bits per heavy atom. The quantitative estimate of drug-likeness (QED) is 0.822. The molecule has 2 aromatic heterocycles. The number of hydrogen-bond acceptors (Lipinski definition) is 6. The van der Waals surface area contributed by atoms with E-state index in [0.29, 0.717) is 23.7 Å². The molecular weight excluding hydrogens is 218 g/mol. The van der Waals surface area contributed by atoms with Gasteiger partial charge in [0.25, 0.3) is 0 Å². The fraction of sp³-hybridized carbons (Fsp3) is 0.250. The van der Waals surface area contributed by atoms with Crippen LogP contribution in [0.1, 0.15) is 6.92 Å². The zero-order valence-corrected chi connectivity index (χ0v) is 8.69. The highest BCUT2D eigenvalue weighted by molar-refractivity contribution is 6.29. The maximum absolute atomic E-state index is 5.71. The van der Waals surface area contributed by atoms with Crippen LogP contribution in [0.3, 0.4) is 0 Å². The zero-order valence-electron chi connectivity index (χ0n) is 7.94. The predicted octanol–water partition coefficient (Wildman–Crippen LogP) is 1.05. The zero-order chi connectivity index (χ0) is 10.8. The molecule has 6 nitrogen and oxygen atoms in total. The minimum Gasteiger partial charge on any atom is -0.476 e. The van der Waals surface area contributed by atoms with E-state index in [0.717, 1.165) is 0 Å². The summed E-state index contributed by atoms with van der Waals surface area (Å²) in [6, 6.07) is 0. The monoisotopic (exact) mass is 225 g/mol. The average Bonchev–Trinajstić information content (AvgIpc) is 2.19. The number of nitrogen functional groups attached to an aromatic ring is 1. The Morgan fingerprint density at radius 2 is 2.20 bits per heavy atom. The SMILES string of the molecule is CCOc1nc(N)nc2ncc(Cl)nc12. The predicted molar refractivity (Wildman–Crippen MR) is 55.7 cm³/mol. The summed E-state index contributed by atoms with van der Waals surface area (Å²) >= 11 is 5.71. The molecule has 0 atom stereocenters. The topological polar surface area (TPSA) is 86.8 Å². The molecule has 0 amide bonds. The second kappa shape index (κ2) is 3.82. The Hall–Kier alpha value is -1.69. The number of aromatic nitrogens is 4. The number of ether oxygens (including phenoxy) is 1. The van der Waals surface area contributed by atoms with Crippen LogP contribution in [0.5, 0.6) is 5.88 Å². The summed E-state index contributed by atoms with van der Waals surface area (Å²) in [5.41, 5.74) is 6.28. The van der Waals surface area contributed by atoms with Crippen LogP contribution in [0, 0.1) is 0 Å². The standard InChI is InChI=1S/C8H8ClN5O/c1-2-15-7-5-6(13-8(10)14-7)11-3-4(9)12-5/h3H,2H2,1H3,(H2,10,11,13,14). The van der Waals surface area contributed by atoms with Crippen molar-refractivity contribution in [3.05, 3.63) is 11.3 Å². The highest BCUT2D eigenvalue weighted by Crippen LogP contribution is 2.20. The van der Waals surface area contributed by atoms with Crippen LogP contribution in [0.4, 0.5) is 5.95 Å². The number of nitrogens with two attached hydrogens (primary N) is 1. The van der Waals surface area contributed by atoms with Crippen molar-refractivity contribution < 1.29 is 4.74 Å². The number of halogens is 1. The molecule has 0 aliphatic carbocycles. The Bertz CT molecular complexity index is 504. The molecule has 0 bridgehead atoms. The van der Waals surface area contributed by atoms with Crippen LogP contribution in [0.25, 0.3) is 11.2 Å². The van der Waals surface area contributed by atoms with E-state index in [1.165, 1.54) is 6.20 Å². The summed E-state index contributed by atoms with van der Waals surface area (Å²) in [7, 11) is 0. The van der Waals surface area contributed by atoms with Gasteiger partial charge < -0.3 is 10.5 Å². The van der Waals surface area contributed by atoms with Crippen molar-refractivity contribution in [2.24, 2.45) is 0 Å². The van der Waals surface area contributed by atoms with Gasteiger partial charge in [-0.3, -0.25) is 0 Å². The molecule has 0 saturated heterocycles. The number of rotatable bonds is 2. The lowest BCUT2D eigenvalue weighted by atomic mass is 10.5. The molecule has 7 heteroatoms. The van der Waals surface area contributed by atoms with Crippen molar-refractivity contribution in [1.29, 1.82) is 0 Å². The number of nitrogens with zero attached hydrogens (tertiary/aromatic N) is 4. The summed E-state index contributed by atoms with van der Waals surface area (Å²) in [5.74, 6) is 0.401. The van der Waals surface area contributed by atoms with E-state index >= 15 is 0 Å². The van der Waals surface area contributed by atoms with Gasteiger partial charge in [0.1, 0.15) is 5.15 Å². The Kier molecular flexibility index (Phi) is 2.51. The molecule has 0 fully saturated rings. The molecule has 78 valence electrons. The molecule has 2 aromatic rings. The summed E-state index contributed by atoms with van der Waals surface area (Å²) < 4.78 is 5.26. The molecule has 2 N–H and O–H groups in total. The van der Waals surface area contributed by atoms with Crippen molar-refractivity contribution in [2.75, 3.05) is 12.3 Å². The van der Waals surface area contributed by atoms with Gasteiger partial charge in [0, 0.05) is 0 Å². The molecule has 0 spiro atoms. The highest BCUT2D eigenvalue weighted by atomic mass is 35.5. The second-order valence-corrected chi connectivity index (χ2v) is 3.07. The van der Waals surface area contributed by atoms with E-state index in [1.807, 2.05) is 6.92 Å². The Morgan fingerprint density at radius 1 is 1.40 bits per heavy atom. The fourth-order valence-electron chi connectivity index (χ4n) is 1.11. The third-order valence-electron chi connectivity index (χ3n) is 1.64. The maximum Gasteiger partial charge on any atom is 0.247 e. The van der Waals surface area contributed by atoms with E-state index in [-0.39, 0.29) is 11.1 Å². The van der Waals surface area contributed by atoms with Crippen molar-refractivity contribution >= 4 is 28.7 Å². The molecule has 0 radical (unpaired) electrons. The molecule has 0 saturated carbocycles. The first kappa shape index (κ1) is 9.85. The van der Waals surface area contributed by atoms with E-state index in [9.17, 15) is 0 Å². The third-order valence-corrected chi connectivity index (χ3v) is 1.83. The van der Waals surface area contributed by atoms with Crippen LogP contribution in [-0.2, 0) is 0 Å². The molecule has 0 aromatic carbocycles. The van der Waals surface area contributed by atoms with Crippen LogP contribution in [0.15, 0.2) is 6.20 Å². The Balaban J connectivity index is 2.70. The van der Waals surface area contributed by atoms with E-state index in [2.05, 4.69) is 19.9 Å². The summed E-state index contributed by atoms with van der Waals surface area (Å²) in [6.07, 6.45) is 1.39. The van der Waals surface area contributed by atoms with Gasteiger partial charge >= 0.3 is 0 Å². The van der Waals surface area contributed by atoms with Gasteiger partial charge in [-0.25, -0.2) is 9.97 Å². The number of hydrogen-bond donors (Lipinski definition) is 1. The lowest BCUT2D eigenvalue weighted by Gasteiger charge is -2.05. The van der Waals surface area contributed by atoms with Crippen molar-refractivity contribution in [3.63, 3.8) is 0 Å². The normalized spacial score (nSPS) is 10.5. The van der Waals surface area contributed by atoms with Crippen LogP contribution < -0.4 is 10.5 Å². The largest absolute Gasteiger partial charge is 0.476 e. The van der Waals surface area contributed by atoms with Gasteiger partial charge in [-0.05, 0) is 6.92 Å². The van der Waals surface area contributed by atoms with Crippen molar-refractivity contribution in [3.8, 4) is 5.88 Å². The van der Waals surface area contributed by atoms with Crippen molar-refractivity contribution in [1.82, 2.24) is 19.9 Å². The minimum absolute atomic E-state index is 0.0996. The lowest BCUT2D eigenvalue weighted by Crippen LogP contribution is -2.03. The first-order valence-electron chi connectivity index (χ1n) is 4.29. The minimum atomic E-state index is 0.0996. The Labute approximate surface area is 90.5 Å². The van der Waals surface area contributed by atoms with E-state index in [4.69, 9.17) is 22.1 Å². The summed E-state index contributed by atoms with van der Waals surface area (Å²) in [6.45, 7) is 2.29. The van der Waals surface area contributed by atoms with Crippen LogP contribution >= 0.6 is 11.6 Å². The van der Waals surface area contributed by atoms with E-state index in [1.54, 1.807) is 0 Å². The molecule has 0 aliphatic heterocycles. The van der Waals surface area contributed by atoms with Crippen LogP contribution in [0.2, 0.25) is 5.15 Å². The third kappa shape index (κ3) is 1.89. The molecule has 2 heterocycles. The first-order chi connectivity index (χ1) is 7.20. The smallest absolute Gasteiger partial charge is 0.247 e. The van der Waals surface area contributed by atoms with Gasteiger partial charge in [0.05, 0.1) is 12.8 Å². The maximum atomic E-state index is 5.71. The molecule has 2 rings (SSSR count). The average molecular weight is 226 g/mol. The molecule has 0 aliphatic rings.